The standard InChI is InChI=1S/C18H29FN4O3S/c1-4-27(24,25)23-11-9-16(10-12-23)22-18(20-2)21-13-17(26-3)14-5-7-15(19)8-6-14/h5-8,16-17H,4,9-13H2,1-3H3,(H2,20,21,22). The second-order valence-electron chi connectivity index (χ2n) is 6.45. The van der Waals surface area contributed by atoms with E-state index in [-0.39, 0.29) is 23.7 Å². The smallest absolute Gasteiger partial charge is 0.213 e. The van der Waals surface area contributed by atoms with Crippen molar-refractivity contribution in [2.45, 2.75) is 31.9 Å². The Morgan fingerprint density at radius 3 is 2.48 bits per heavy atom. The van der Waals surface area contributed by atoms with E-state index in [1.54, 1.807) is 37.5 Å². The molecule has 0 saturated carbocycles. The first-order valence-corrected chi connectivity index (χ1v) is 10.7. The zero-order valence-electron chi connectivity index (χ0n) is 16.1. The van der Waals surface area contributed by atoms with Gasteiger partial charge in [0.25, 0.3) is 0 Å². The molecule has 1 aliphatic heterocycles. The minimum absolute atomic E-state index is 0.135. The summed E-state index contributed by atoms with van der Waals surface area (Å²) >= 11 is 0. The fourth-order valence-electron chi connectivity index (χ4n) is 3.05. The van der Waals surface area contributed by atoms with E-state index in [1.807, 2.05) is 0 Å². The van der Waals surface area contributed by atoms with E-state index in [0.717, 1.165) is 18.4 Å². The number of ether oxygens (including phenoxy) is 1. The molecule has 1 aliphatic rings. The Hall–Kier alpha value is -1.71. The Balaban J connectivity index is 1.85. The zero-order chi connectivity index (χ0) is 19.9. The number of nitrogens with zero attached hydrogens (tertiary/aromatic N) is 2. The van der Waals surface area contributed by atoms with E-state index in [9.17, 15) is 12.8 Å². The summed E-state index contributed by atoms with van der Waals surface area (Å²) in [6.45, 7) is 3.17. The molecule has 1 atom stereocenters. The number of methoxy groups -OCH3 is 1. The summed E-state index contributed by atoms with van der Waals surface area (Å²) in [5.74, 6) is 0.488. The molecule has 27 heavy (non-hydrogen) atoms. The van der Waals surface area contributed by atoms with Crippen molar-refractivity contribution < 1.29 is 17.5 Å². The first-order chi connectivity index (χ1) is 12.9. The van der Waals surface area contributed by atoms with Crippen LogP contribution >= 0.6 is 0 Å². The third-order valence-corrected chi connectivity index (χ3v) is 6.64. The molecule has 2 N–H and O–H groups in total. The Morgan fingerprint density at radius 1 is 1.33 bits per heavy atom. The van der Waals surface area contributed by atoms with E-state index in [4.69, 9.17) is 4.74 Å². The molecule has 0 spiro atoms. The minimum Gasteiger partial charge on any atom is -0.375 e. The van der Waals surface area contributed by atoms with E-state index in [1.165, 1.54) is 12.1 Å². The molecular formula is C18H29FN4O3S. The lowest BCUT2D eigenvalue weighted by atomic mass is 10.1. The summed E-state index contributed by atoms with van der Waals surface area (Å²) < 4.78 is 44.0. The summed E-state index contributed by atoms with van der Waals surface area (Å²) in [7, 11) is 0.172. The molecular weight excluding hydrogens is 371 g/mol. The normalized spacial score (nSPS) is 18.3. The van der Waals surface area contributed by atoms with Crippen molar-refractivity contribution in [1.29, 1.82) is 0 Å². The SMILES string of the molecule is CCS(=O)(=O)N1CCC(NC(=NC)NCC(OC)c2ccc(F)cc2)CC1. The van der Waals surface area contributed by atoms with Crippen LogP contribution < -0.4 is 10.6 Å². The molecule has 0 radical (unpaired) electrons. The van der Waals surface area contributed by atoms with Crippen molar-refractivity contribution >= 4 is 16.0 Å². The quantitative estimate of drug-likeness (QED) is 0.535. The van der Waals surface area contributed by atoms with Gasteiger partial charge in [-0.3, -0.25) is 4.99 Å². The molecule has 1 aromatic rings. The van der Waals surface area contributed by atoms with Gasteiger partial charge in [0, 0.05) is 39.8 Å². The van der Waals surface area contributed by atoms with Crippen molar-refractivity contribution in [2.24, 2.45) is 4.99 Å². The topological polar surface area (TPSA) is 83.0 Å². The van der Waals surface area contributed by atoms with Gasteiger partial charge in [0.2, 0.25) is 10.0 Å². The number of guanidine groups is 1. The van der Waals surface area contributed by atoms with E-state index < -0.39 is 10.0 Å². The zero-order valence-corrected chi connectivity index (χ0v) is 16.9. The van der Waals surface area contributed by atoms with Crippen LogP contribution in [0.2, 0.25) is 0 Å². The van der Waals surface area contributed by atoms with Crippen LogP contribution in [0.15, 0.2) is 29.3 Å². The number of nitrogens with one attached hydrogen (secondary N) is 2. The van der Waals surface area contributed by atoms with Crippen LogP contribution in [-0.4, -0.2) is 64.3 Å². The first-order valence-electron chi connectivity index (χ1n) is 9.12. The molecule has 0 aliphatic carbocycles. The van der Waals surface area contributed by atoms with Crippen LogP contribution in [0.4, 0.5) is 4.39 Å². The predicted octanol–water partition coefficient (Wildman–Crippen LogP) is 1.49. The number of benzene rings is 1. The van der Waals surface area contributed by atoms with E-state index in [2.05, 4.69) is 15.6 Å². The summed E-state index contributed by atoms with van der Waals surface area (Å²) in [5.41, 5.74) is 0.875. The Morgan fingerprint density at radius 2 is 1.96 bits per heavy atom. The lowest BCUT2D eigenvalue weighted by Crippen LogP contribution is -2.50. The number of sulfonamides is 1. The van der Waals surface area contributed by atoms with Gasteiger partial charge in [-0.2, -0.15) is 0 Å². The van der Waals surface area contributed by atoms with Crippen LogP contribution in [0.1, 0.15) is 31.4 Å². The summed E-state index contributed by atoms with van der Waals surface area (Å²) in [5, 5.41) is 6.56. The van der Waals surface area contributed by atoms with E-state index in [0.29, 0.717) is 25.6 Å². The summed E-state index contributed by atoms with van der Waals surface area (Å²) in [6, 6.07) is 6.38. The molecule has 152 valence electrons. The third kappa shape index (κ3) is 6.15. The Labute approximate surface area is 161 Å². The summed E-state index contributed by atoms with van der Waals surface area (Å²) in [4.78, 5) is 4.23. The maximum absolute atomic E-state index is 13.1. The van der Waals surface area contributed by atoms with Crippen LogP contribution in [-0.2, 0) is 14.8 Å². The average Bonchev–Trinajstić information content (AvgIpc) is 2.69. The molecule has 1 fully saturated rings. The van der Waals surface area contributed by atoms with E-state index >= 15 is 0 Å². The number of hydrogen-bond acceptors (Lipinski definition) is 4. The third-order valence-electron chi connectivity index (χ3n) is 4.76. The van der Waals surface area contributed by atoms with Gasteiger partial charge < -0.3 is 15.4 Å². The van der Waals surface area contributed by atoms with Gasteiger partial charge in [-0.05, 0) is 37.5 Å². The predicted molar refractivity (Wildman–Crippen MR) is 105 cm³/mol. The maximum atomic E-state index is 13.1. The lowest BCUT2D eigenvalue weighted by molar-refractivity contribution is 0.106. The van der Waals surface area contributed by atoms with Gasteiger partial charge in [0.05, 0.1) is 11.9 Å². The Kier molecular flexibility index (Phi) is 8.00. The number of halogens is 1. The van der Waals surface area contributed by atoms with Crippen molar-refractivity contribution in [3.05, 3.63) is 35.6 Å². The summed E-state index contributed by atoms with van der Waals surface area (Å²) in [6.07, 6.45) is 1.22. The molecule has 2 rings (SSSR count). The second-order valence-corrected chi connectivity index (χ2v) is 8.70. The molecule has 1 saturated heterocycles. The number of rotatable bonds is 7. The average molecular weight is 401 g/mol. The van der Waals surface area contributed by atoms with Crippen molar-refractivity contribution in [3.63, 3.8) is 0 Å². The van der Waals surface area contributed by atoms with Gasteiger partial charge >= 0.3 is 0 Å². The van der Waals surface area contributed by atoms with Crippen LogP contribution in [0.5, 0.6) is 0 Å². The van der Waals surface area contributed by atoms with Crippen LogP contribution in [0, 0.1) is 5.82 Å². The van der Waals surface area contributed by atoms with Gasteiger partial charge in [-0.1, -0.05) is 12.1 Å². The number of hydrogen-bond donors (Lipinski definition) is 2. The number of aliphatic imine (C=N–C) groups is 1. The fourth-order valence-corrected chi connectivity index (χ4v) is 4.19. The van der Waals surface area contributed by atoms with Gasteiger partial charge in [0.1, 0.15) is 5.82 Å². The highest BCUT2D eigenvalue weighted by molar-refractivity contribution is 7.89. The number of piperidine rings is 1. The highest BCUT2D eigenvalue weighted by Gasteiger charge is 2.27. The van der Waals surface area contributed by atoms with Gasteiger partial charge in [-0.25, -0.2) is 17.1 Å². The lowest BCUT2D eigenvalue weighted by Gasteiger charge is -2.32. The first kappa shape index (κ1) is 21.6. The van der Waals surface area contributed by atoms with Crippen LogP contribution in [0.25, 0.3) is 0 Å². The molecule has 1 heterocycles. The molecule has 7 nitrogen and oxygen atoms in total. The van der Waals surface area contributed by atoms with Crippen molar-refractivity contribution in [2.75, 3.05) is 39.5 Å². The second kappa shape index (κ2) is 10.0. The largest absolute Gasteiger partial charge is 0.375 e. The van der Waals surface area contributed by atoms with Gasteiger partial charge in [-0.15, -0.1) is 0 Å². The van der Waals surface area contributed by atoms with Gasteiger partial charge in [0.15, 0.2) is 5.96 Å². The van der Waals surface area contributed by atoms with Crippen molar-refractivity contribution in [3.8, 4) is 0 Å². The highest BCUT2D eigenvalue weighted by atomic mass is 32.2. The fraction of sp³-hybridized carbons (Fsp3) is 0.611. The van der Waals surface area contributed by atoms with Crippen LogP contribution in [0.3, 0.4) is 0 Å². The Bertz CT molecular complexity index is 717. The molecule has 0 bridgehead atoms. The molecule has 9 heteroatoms. The monoisotopic (exact) mass is 400 g/mol. The highest BCUT2D eigenvalue weighted by Crippen LogP contribution is 2.17. The molecule has 1 unspecified atom stereocenters. The molecule has 0 amide bonds. The molecule has 0 aromatic heterocycles. The molecule has 1 aromatic carbocycles. The maximum Gasteiger partial charge on any atom is 0.213 e. The minimum atomic E-state index is -3.12. The van der Waals surface area contributed by atoms with Crippen molar-refractivity contribution in [1.82, 2.24) is 14.9 Å².